The molecule has 0 aliphatic carbocycles. The van der Waals surface area contributed by atoms with Gasteiger partial charge >= 0.3 is 0 Å². The van der Waals surface area contributed by atoms with Crippen molar-refractivity contribution in [3.63, 3.8) is 0 Å². The van der Waals surface area contributed by atoms with E-state index in [4.69, 9.17) is 4.74 Å². The first-order valence-electron chi connectivity index (χ1n) is 9.91. The maximum atomic E-state index is 5.66. The summed E-state index contributed by atoms with van der Waals surface area (Å²) in [5, 5.41) is 0. The first kappa shape index (κ1) is 19.4. The summed E-state index contributed by atoms with van der Waals surface area (Å²) in [6.07, 6.45) is 19.9. The number of aromatic nitrogens is 2. The molecule has 0 unspecified atom stereocenters. The van der Waals surface area contributed by atoms with Crippen LogP contribution >= 0.6 is 0 Å². The quantitative estimate of drug-likeness (QED) is 0.379. The zero-order chi connectivity index (χ0) is 17.6. The molecule has 136 valence electrons. The number of nitrogens with zero attached hydrogens (tertiary/aromatic N) is 2. The number of hydrogen-bond acceptors (Lipinski definition) is 3. The van der Waals surface area contributed by atoms with Gasteiger partial charge in [-0.1, -0.05) is 76.8 Å². The van der Waals surface area contributed by atoms with Crippen molar-refractivity contribution < 1.29 is 4.74 Å². The first-order valence-corrected chi connectivity index (χ1v) is 9.91. The minimum atomic E-state index is 0.532. The molecule has 2 aromatic rings. The van der Waals surface area contributed by atoms with Crippen LogP contribution < -0.4 is 4.74 Å². The Hall–Kier alpha value is -1.90. The van der Waals surface area contributed by atoms with Gasteiger partial charge in [0, 0.05) is 12.4 Å². The smallest absolute Gasteiger partial charge is 0.237 e. The molecular weight excluding hydrogens is 308 g/mol. The van der Waals surface area contributed by atoms with Gasteiger partial charge in [-0.25, -0.2) is 4.98 Å². The minimum Gasteiger partial charge on any atom is -0.438 e. The van der Waals surface area contributed by atoms with E-state index in [1.54, 1.807) is 18.6 Å². The first-order chi connectivity index (χ1) is 12.4. The molecule has 2 rings (SSSR count). The normalized spacial score (nSPS) is 10.8. The second-order valence-electron chi connectivity index (χ2n) is 6.72. The fraction of sp³-hybridized carbons (Fsp3) is 0.545. The lowest BCUT2D eigenvalue weighted by Crippen LogP contribution is -1.90. The molecule has 0 amide bonds. The Bertz CT molecular complexity index is 554. The fourth-order valence-electron chi connectivity index (χ4n) is 3.00. The highest BCUT2D eigenvalue weighted by molar-refractivity contribution is 5.29. The van der Waals surface area contributed by atoms with E-state index in [-0.39, 0.29) is 0 Å². The maximum Gasteiger partial charge on any atom is 0.237 e. The molecule has 1 heterocycles. The van der Waals surface area contributed by atoms with Crippen LogP contribution in [0.4, 0.5) is 0 Å². The largest absolute Gasteiger partial charge is 0.438 e. The zero-order valence-electron chi connectivity index (χ0n) is 15.6. The van der Waals surface area contributed by atoms with Gasteiger partial charge in [-0.15, -0.1) is 0 Å². The third kappa shape index (κ3) is 8.67. The SMILES string of the molecule is CCCCCCCCCCCCc1ccc(Oc2cnccn2)cc1. The maximum absolute atomic E-state index is 5.66. The summed E-state index contributed by atoms with van der Waals surface area (Å²) < 4.78 is 5.66. The van der Waals surface area contributed by atoms with E-state index in [9.17, 15) is 0 Å². The second kappa shape index (κ2) is 12.5. The van der Waals surface area contributed by atoms with E-state index in [0.29, 0.717) is 5.88 Å². The number of rotatable bonds is 13. The van der Waals surface area contributed by atoms with Crippen molar-refractivity contribution in [2.24, 2.45) is 0 Å². The van der Waals surface area contributed by atoms with Crippen molar-refractivity contribution in [1.82, 2.24) is 9.97 Å². The molecule has 1 aromatic carbocycles. The monoisotopic (exact) mass is 340 g/mol. The molecular formula is C22H32N2O. The summed E-state index contributed by atoms with van der Waals surface area (Å²) in [5.41, 5.74) is 1.38. The molecule has 0 spiro atoms. The molecule has 25 heavy (non-hydrogen) atoms. The Labute approximate surface area is 152 Å². The third-order valence-corrected chi connectivity index (χ3v) is 4.50. The van der Waals surface area contributed by atoms with Gasteiger partial charge in [0.2, 0.25) is 5.88 Å². The lowest BCUT2D eigenvalue weighted by Gasteiger charge is -2.06. The van der Waals surface area contributed by atoms with Gasteiger partial charge in [-0.2, -0.15) is 0 Å². The highest BCUT2D eigenvalue weighted by Gasteiger charge is 1.99. The summed E-state index contributed by atoms with van der Waals surface area (Å²) in [5.74, 6) is 1.34. The molecule has 0 saturated carbocycles. The van der Waals surface area contributed by atoms with Crippen LogP contribution in [-0.4, -0.2) is 9.97 Å². The van der Waals surface area contributed by atoms with Crippen LogP contribution in [0.15, 0.2) is 42.9 Å². The molecule has 0 radical (unpaired) electrons. The molecule has 3 heteroatoms. The lowest BCUT2D eigenvalue weighted by molar-refractivity contribution is 0.460. The van der Waals surface area contributed by atoms with Crippen molar-refractivity contribution in [2.45, 2.75) is 77.6 Å². The summed E-state index contributed by atoms with van der Waals surface area (Å²) in [7, 11) is 0. The lowest BCUT2D eigenvalue weighted by atomic mass is 10.0. The second-order valence-corrected chi connectivity index (χ2v) is 6.72. The van der Waals surface area contributed by atoms with Crippen LogP contribution in [0.25, 0.3) is 0 Å². The van der Waals surface area contributed by atoms with Crippen LogP contribution in [0.2, 0.25) is 0 Å². The van der Waals surface area contributed by atoms with Crippen molar-refractivity contribution in [3.8, 4) is 11.6 Å². The van der Waals surface area contributed by atoms with Gasteiger partial charge in [0.15, 0.2) is 0 Å². The summed E-state index contributed by atoms with van der Waals surface area (Å²) in [6, 6.07) is 8.33. The van der Waals surface area contributed by atoms with E-state index >= 15 is 0 Å². The van der Waals surface area contributed by atoms with Gasteiger partial charge in [0.1, 0.15) is 5.75 Å². The molecule has 1 aromatic heterocycles. The van der Waals surface area contributed by atoms with E-state index in [0.717, 1.165) is 12.2 Å². The van der Waals surface area contributed by atoms with Crippen LogP contribution in [0.3, 0.4) is 0 Å². The molecule has 0 aliphatic rings. The minimum absolute atomic E-state index is 0.532. The molecule has 0 atom stereocenters. The number of unbranched alkanes of at least 4 members (excludes halogenated alkanes) is 9. The Morgan fingerprint density at radius 2 is 1.40 bits per heavy atom. The van der Waals surface area contributed by atoms with E-state index < -0.39 is 0 Å². The van der Waals surface area contributed by atoms with Gasteiger partial charge in [-0.3, -0.25) is 4.98 Å². The molecule has 0 bridgehead atoms. The molecule has 0 saturated heterocycles. The predicted molar refractivity (Wildman–Crippen MR) is 104 cm³/mol. The highest BCUT2D eigenvalue weighted by Crippen LogP contribution is 2.20. The van der Waals surface area contributed by atoms with Crippen molar-refractivity contribution in [3.05, 3.63) is 48.4 Å². The molecule has 0 aliphatic heterocycles. The Morgan fingerprint density at radius 3 is 2.00 bits per heavy atom. The predicted octanol–water partition coefficient (Wildman–Crippen LogP) is 6.73. The summed E-state index contributed by atoms with van der Waals surface area (Å²) in [6.45, 7) is 2.28. The van der Waals surface area contributed by atoms with Crippen molar-refractivity contribution in [2.75, 3.05) is 0 Å². The van der Waals surface area contributed by atoms with Crippen LogP contribution in [0.5, 0.6) is 11.6 Å². The zero-order valence-corrected chi connectivity index (χ0v) is 15.6. The van der Waals surface area contributed by atoms with Gasteiger partial charge in [-0.05, 0) is 30.5 Å². The van der Waals surface area contributed by atoms with E-state index in [1.165, 1.54) is 69.8 Å². The van der Waals surface area contributed by atoms with Crippen LogP contribution in [0.1, 0.15) is 76.7 Å². The van der Waals surface area contributed by atoms with Crippen LogP contribution in [0, 0.1) is 0 Å². The van der Waals surface area contributed by atoms with Crippen molar-refractivity contribution in [1.29, 1.82) is 0 Å². The standard InChI is InChI=1S/C22H32N2O/c1-2-3-4-5-6-7-8-9-10-11-12-20-13-15-21(16-14-20)25-22-19-23-17-18-24-22/h13-19H,2-12H2,1H3. The van der Waals surface area contributed by atoms with E-state index in [1.807, 2.05) is 12.1 Å². The summed E-state index contributed by atoms with van der Waals surface area (Å²) >= 11 is 0. The molecule has 0 fully saturated rings. The highest BCUT2D eigenvalue weighted by atomic mass is 16.5. The van der Waals surface area contributed by atoms with Crippen LogP contribution in [-0.2, 0) is 6.42 Å². The number of aryl methyl sites for hydroxylation is 1. The fourth-order valence-corrected chi connectivity index (χ4v) is 3.00. The molecule has 0 N–H and O–H groups in total. The van der Waals surface area contributed by atoms with E-state index in [2.05, 4.69) is 29.0 Å². The van der Waals surface area contributed by atoms with Gasteiger partial charge < -0.3 is 4.74 Å². The van der Waals surface area contributed by atoms with Gasteiger partial charge in [0.25, 0.3) is 0 Å². The van der Waals surface area contributed by atoms with Gasteiger partial charge in [0.05, 0.1) is 6.20 Å². The average Bonchev–Trinajstić information content (AvgIpc) is 2.65. The number of hydrogen-bond donors (Lipinski definition) is 0. The Kier molecular flexibility index (Phi) is 9.68. The van der Waals surface area contributed by atoms with Crippen molar-refractivity contribution >= 4 is 0 Å². The Morgan fingerprint density at radius 1 is 0.760 bits per heavy atom. The molecule has 3 nitrogen and oxygen atoms in total. The Balaban J connectivity index is 1.53. The number of ether oxygens (including phenoxy) is 1. The summed E-state index contributed by atoms with van der Waals surface area (Å²) in [4.78, 5) is 8.12. The number of benzene rings is 1. The topological polar surface area (TPSA) is 35.0 Å². The third-order valence-electron chi connectivity index (χ3n) is 4.50. The average molecular weight is 341 g/mol.